The predicted octanol–water partition coefficient (Wildman–Crippen LogP) is 5.43. The maximum atomic E-state index is 12.9. The standard InChI is InChI=1S/C34H29N7O3/c1-40(2)29-19-23(12-15-25(29)34(43)44)33(42)37-20-21-10-13-24(14-11-21)41-31(26-9-6-18-36-30(26)35)39-28-17-16-27(38-32(28)41)22-7-4-3-5-8-22/h3-19H,20H2,1-2H3,(H2,35,36)(H,37,42)(H,43,44). The van der Waals surface area contributed by atoms with Gasteiger partial charge in [-0.1, -0.05) is 42.5 Å². The number of hydrogen-bond acceptors (Lipinski definition) is 7. The minimum absolute atomic E-state index is 0.131. The van der Waals surface area contributed by atoms with Crippen molar-refractivity contribution < 1.29 is 14.7 Å². The topological polar surface area (TPSA) is 139 Å². The highest BCUT2D eigenvalue weighted by Gasteiger charge is 2.19. The van der Waals surface area contributed by atoms with Crippen LogP contribution >= 0.6 is 0 Å². The summed E-state index contributed by atoms with van der Waals surface area (Å²) < 4.78 is 1.96. The zero-order valence-corrected chi connectivity index (χ0v) is 24.1. The number of amides is 1. The Morgan fingerprint density at radius 2 is 1.68 bits per heavy atom. The van der Waals surface area contributed by atoms with Crippen molar-refractivity contribution in [3.63, 3.8) is 0 Å². The number of rotatable bonds is 8. The number of fused-ring (bicyclic) bond motifs is 1. The lowest BCUT2D eigenvalue weighted by Gasteiger charge is -2.16. The lowest BCUT2D eigenvalue weighted by atomic mass is 10.1. The van der Waals surface area contributed by atoms with E-state index < -0.39 is 5.97 Å². The van der Waals surface area contributed by atoms with Gasteiger partial charge >= 0.3 is 5.97 Å². The third-order valence-corrected chi connectivity index (χ3v) is 7.27. The lowest BCUT2D eigenvalue weighted by molar-refractivity contribution is 0.0697. The van der Waals surface area contributed by atoms with Crippen molar-refractivity contribution in [2.75, 3.05) is 24.7 Å². The summed E-state index contributed by atoms with van der Waals surface area (Å²) >= 11 is 0. The van der Waals surface area contributed by atoms with Crippen molar-refractivity contribution in [1.29, 1.82) is 0 Å². The molecule has 0 atom stereocenters. The number of benzene rings is 3. The van der Waals surface area contributed by atoms with E-state index in [4.69, 9.17) is 15.7 Å². The summed E-state index contributed by atoms with van der Waals surface area (Å²) in [6.45, 7) is 0.278. The number of carboxylic acid groups (broad SMARTS) is 1. The first-order valence-electron chi connectivity index (χ1n) is 13.9. The second kappa shape index (κ2) is 11.7. The molecule has 4 N–H and O–H groups in total. The molecule has 0 spiro atoms. The van der Waals surface area contributed by atoms with Crippen LogP contribution in [0.2, 0.25) is 0 Å². The molecule has 6 rings (SSSR count). The summed E-state index contributed by atoms with van der Waals surface area (Å²) in [6, 6.07) is 29.8. The van der Waals surface area contributed by atoms with E-state index >= 15 is 0 Å². The molecule has 1 amide bonds. The number of hydrogen-bond donors (Lipinski definition) is 3. The summed E-state index contributed by atoms with van der Waals surface area (Å²) in [4.78, 5) is 40.3. The van der Waals surface area contributed by atoms with Crippen molar-refractivity contribution in [3.05, 3.63) is 120 Å². The van der Waals surface area contributed by atoms with E-state index in [0.29, 0.717) is 39.6 Å². The van der Waals surface area contributed by atoms with Gasteiger partial charge in [-0.2, -0.15) is 0 Å². The Labute approximate surface area is 253 Å². The Kier molecular flexibility index (Phi) is 7.47. The quantitative estimate of drug-likeness (QED) is 0.216. The molecule has 0 saturated carbocycles. The summed E-state index contributed by atoms with van der Waals surface area (Å²) in [5.41, 5.74) is 12.8. The van der Waals surface area contributed by atoms with Crippen LogP contribution in [0.1, 0.15) is 26.3 Å². The van der Waals surface area contributed by atoms with Crippen LogP contribution in [0.25, 0.3) is 39.5 Å². The predicted molar refractivity (Wildman–Crippen MR) is 171 cm³/mol. The smallest absolute Gasteiger partial charge is 0.337 e. The number of anilines is 2. The number of nitrogens with one attached hydrogen (secondary N) is 1. The molecule has 0 unspecified atom stereocenters. The second-order valence-corrected chi connectivity index (χ2v) is 10.4. The van der Waals surface area contributed by atoms with Crippen LogP contribution in [0.15, 0.2) is 103 Å². The van der Waals surface area contributed by atoms with E-state index in [0.717, 1.165) is 22.5 Å². The SMILES string of the molecule is CN(C)c1cc(C(=O)NCc2ccc(-n3c(-c4cccnc4N)nc4ccc(-c5ccccc5)nc43)cc2)ccc1C(=O)O. The fraction of sp³-hybridized carbons (Fsp3) is 0.0882. The molecule has 10 heteroatoms. The number of aromatic nitrogens is 4. The molecule has 3 heterocycles. The molecule has 0 saturated heterocycles. The minimum Gasteiger partial charge on any atom is -0.478 e. The van der Waals surface area contributed by atoms with Gasteiger partial charge in [-0.05, 0) is 60.2 Å². The van der Waals surface area contributed by atoms with Gasteiger partial charge in [0.1, 0.15) is 11.3 Å². The van der Waals surface area contributed by atoms with Gasteiger partial charge in [0.2, 0.25) is 0 Å². The van der Waals surface area contributed by atoms with Crippen LogP contribution in [0.3, 0.4) is 0 Å². The molecule has 3 aromatic heterocycles. The van der Waals surface area contributed by atoms with Gasteiger partial charge in [0.25, 0.3) is 5.91 Å². The number of imidazole rings is 1. The van der Waals surface area contributed by atoms with Gasteiger partial charge in [-0.3, -0.25) is 9.36 Å². The van der Waals surface area contributed by atoms with Crippen molar-refractivity contribution in [3.8, 4) is 28.3 Å². The summed E-state index contributed by atoms with van der Waals surface area (Å²) in [5.74, 6) is -0.375. The Bertz CT molecular complexity index is 2000. The molecule has 0 aliphatic carbocycles. The average Bonchev–Trinajstić information content (AvgIpc) is 3.42. The largest absolute Gasteiger partial charge is 0.478 e. The molecule has 0 fully saturated rings. The Morgan fingerprint density at radius 1 is 0.909 bits per heavy atom. The normalized spacial score (nSPS) is 11.0. The van der Waals surface area contributed by atoms with E-state index in [1.54, 1.807) is 31.3 Å². The molecule has 0 bridgehead atoms. The van der Waals surface area contributed by atoms with E-state index in [9.17, 15) is 14.7 Å². The van der Waals surface area contributed by atoms with Crippen LogP contribution in [0.5, 0.6) is 0 Å². The van der Waals surface area contributed by atoms with Gasteiger partial charge in [0.05, 0.1) is 22.5 Å². The highest BCUT2D eigenvalue weighted by molar-refractivity contribution is 6.00. The van der Waals surface area contributed by atoms with E-state index in [-0.39, 0.29) is 18.0 Å². The van der Waals surface area contributed by atoms with Crippen molar-refractivity contribution in [2.45, 2.75) is 6.54 Å². The van der Waals surface area contributed by atoms with E-state index in [1.807, 2.05) is 83.4 Å². The first kappa shape index (κ1) is 28.1. The van der Waals surface area contributed by atoms with Crippen molar-refractivity contribution in [1.82, 2.24) is 24.8 Å². The fourth-order valence-electron chi connectivity index (χ4n) is 5.03. The number of carbonyl (C=O) groups is 2. The van der Waals surface area contributed by atoms with Crippen LogP contribution in [-0.2, 0) is 6.54 Å². The Hall–Kier alpha value is -6.03. The number of nitrogens with zero attached hydrogens (tertiary/aromatic N) is 5. The fourth-order valence-corrected chi connectivity index (χ4v) is 5.03. The van der Waals surface area contributed by atoms with Crippen LogP contribution in [0.4, 0.5) is 11.5 Å². The molecule has 10 nitrogen and oxygen atoms in total. The van der Waals surface area contributed by atoms with Crippen LogP contribution in [0, 0.1) is 0 Å². The average molecular weight is 584 g/mol. The number of carbonyl (C=O) groups excluding carboxylic acids is 1. The molecule has 0 radical (unpaired) electrons. The first-order chi connectivity index (χ1) is 21.3. The van der Waals surface area contributed by atoms with Gasteiger partial charge < -0.3 is 21.1 Å². The molecule has 218 valence electrons. The highest BCUT2D eigenvalue weighted by Crippen LogP contribution is 2.32. The van der Waals surface area contributed by atoms with Gasteiger partial charge in [0.15, 0.2) is 11.5 Å². The van der Waals surface area contributed by atoms with Crippen molar-refractivity contribution >= 4 is 34.5 Å². The minimum atomic E-state index is -1.05. The zero-order valence-electron chi connectivity index (χ0n) is 24.1. The second-order valence-electron chi connectivity index (χ2n) is 10.4. The monoisotopic (exact) mass is 583 g/mol. The summed E-state index contributed by atoms with van der Waals surface area (Å²) in [7, 11) is 3.47. The Morgan fingerprint density at radius 3 is 2.39 bits per heavy atom. The van der Waals surface area contributed by atoms with Gasteiger partial charge in [0, 0.05) is 43.7 Å². The first-order valence-corrected chi connectivity index (χ1v) is 13.9. The highest BCUT2D eigenvalue weighted by atomic mass is 16.4. The van der Waals surface area contributed by atoms with Gasteiger partial charge in [-0.15, -0.1) is 0 Å². The van der Waals surface area contributed by atoms with Gasteiger partial charge in [-0.25, -0.2) is 19.7 Å². The maximum absolute atomic E-state index is 12.9. The third-order valence-electron chi connectivity index (χ3n) is 7.27. The van der Waals surface area contributed by atoms with E-state index in [2.05, 4.69) is 10.3 Å². The number of aromatic carboxylic acids is 1. The number of carboxylic acids is 1. The third kappa shape index (κ3) is 5.43. The van der Waals surface area contributed by atoms with E-state index in [1.165, 1.54) is 12.1 Å². The Balaban J connectivity index is 1.32. The molecule has 3 aromatic carbocycles. The van der Waals surface area contributed by atoms with Crippen LogP contribution in [-0.4, -0.2) is 50.6 Å². The molecule has 0 aliphatic rings. The number of nitrogen functional groups attached to an aromatic ring is 1. The summed E-state index contributed by atoms with van der Waals surface area (Å²) in [6.07, 6.45) is 1.64. The van der Waals surface area contributed by atoms with Crippen molar-refractivity contribution in [2.24, 2.45) is 0 Å². The van der Waals surface area contributed by atoms with Crippen LogP contribution < -0.4 is 16.0 Å². The number of pyridine rings is 2. The molecule has 6 aromatic rings. The summed E-state index contributed by atoms with van der Waals surface area (Å²) in [5, 5.41) is 12.4. The maximum Gasteiger partial charge on any atom is 0.337 e. The number of nitrogens with two attached hydrogens (primary N) is 1. The zero-order chi connectivity index (χ0) is 30.8. The lowest BCUT2D eigenvalue weighted by Crippen LogP contribution is -2.23. The molecule has 0 aliphatic heterocycles. The molecular formula is C34H29N7O3. The molecular weight excluding hydrogens is 554 g/mol. The molecule has 44 heavy (non-hydrogen) atoms.